The van der Waals surface area contributed by atoms with Crippen LogP contribution < -0.4 is 5.32 Å². The van der Waals surface area contributed by atoms with Crippen LogP contribution in [-0.4, -0.2) is 48.6 Å². The van der Waals surface area contributed by atoms with Crippen LogP contribution in [-0.2, 0) is 6.42 Å². The number of fused-ring (bicyclic) bond motifs is 1. The van der Waals surface area contributed by atoms with Crippen LogP contribution in [0.4, 0.5) is 0 Å². The maximum absolute atomic E-state index is 3.59. The molecule has 4 aliphatic rings. The first-order chi connectivity index (χ1) is 16.6. The highest BCUT2D eigenvalue weighted by Gasteiger charge is 2.49. The smallest absolute Gasteiger partial charge is 0.0481 e. The van der Waals surface area contributed by atoms with E-state index >= 15 is 0 Å². The molecule has 2 atom stereocenters. The molecular weight excluding hydrogens is 414 g/mol. The second-order valence-electron chi connectivity index (χ2n) is 12.0. The first kappa shape index (κ1) is 22.8. The van der Waals surface area contributed by atoms with E-state index in [2.05, 4.69) is 77.5 Å². The second kappa shape index (κ2) is 9.41. The molecule has 2 saturated heterocycles. The van der Waals surface area contributed by atoms with E-state index in [0.29, 0.717) is 23.4 Å². The fraction of sp³-hybridized carbons (Fsp3) is 0.613. The molecule has 2 aliphatic carbocycles. The molecule has 3 fully saturated rings. The van der Waals surface area contributed by atoms with Crippen molar-refractivity contribution in [1.82, 2.24) is 15.1 Å². The number of rotatable bonds is 4. The van der Waals surface area contributed by atoms with Crippen LogP contribution in [0.3, 0.4) is 0 Å². The lowest BCUT2D eigenvalue weighted by Gasteiger charge is -2.58. The molecule has 182 valence electrons. The summed E-state index contributed by atoms with van der Waals surface area (Å²) < 4.78 is 0. The van der Waals surface area contributed by atoms with Gasteiger partial charge in [0.05, 0.1) is 0 Å². The summed E-state index contributed by atoms with van der Waals surface area (Å²) in [5.41, 5.74) is 6.98. The number of hydrogen-bond donors (Lipinski definition) is 1. The Bertz CT molecular complexity index is 984. The van der Waals surface area contributed by atoms with Crippen LogP contribution in [0.2, 0.25) is 0 Å². The number of piperidine rings is 1. The maximum atomic E-state index is 3.59. The fourth-order valence-corrected chi connectivity index (χ4v) is 7.80. The van der Waals surface area contributed by atoms with E-state index in [4.69, 9.17) is 0 Å². The number of aryl methyl sites for hydroxylation is 1. The van der Waals surface area contributed by atoms with E-state index < -0.39 is 0 Å². The van der Waals surface area contributed by atoms with Crippen molar-refractivity contribution in [3.8, 4) is 0 Å². The summed E-state index contributed by atoms with van der Waals surface area (Å²) in [5.74, 6) is 0.570. The minimum Gasteiger partial charge on any atom is -0.317 e. The average molecular weight is 458 g/mol. The topological polar surface area (TPSA) is 18.5 Å². The number of nitrogens with one attached hydrogen (secondary N) is 1. The van der Waals surface area contributed by atoms with Gasteiger partial charge < -0.3 is 5.32 Å². The van der Waals surface area contributed by atoms with Crippen molar-refractivity contribution in [3.63, 3.8) is 0 Å². The minimum atomic E-state index is 0.519. The SMILES string of the molecule is CC(C)c1ccccc1C1CN(C2CCCc3ccccc32)CCN1C1CC2(CCNCC2)C1. The van der Waals surface area contributed by atoms with Crippen molar-refractivity contribution in [3.05, 3.63) is 70.8 Å². The van der Waals surface area contributed by atoms with Gasteiger partial charge in [-0.2, -0.15) is 0 Å². The van der Waals surface area contributed by atoms with E-state index in [1.54, 1.807) is 22.3 Å². The summed E-state index contributed by atoms with van der Waals surface area (Å²) in [5, 5.41) is 3.59. The number of piperazine rings is 1. The first-order valence-electron chi connectivity index (χ1n) is 14.0. The molecule has 2 aliphatic heterocycles. The molecule has 0 bridgehead atoms. The molecule has 2 aromatic carbocycles. The molecule has 1 spiro atoms. The summed E-state index contributed by atoms with van der Waals surface area (Å²) in [7, 11) is 0. The Balaban J connectivity index is 1.29. The van der Waals surface area contributed by atoms with Gasteiger partial charge in [0, 0.05) is 37.8 Å². The van der Waals surface area contributed by atoms with Crippen molar-refractivity contribution < 1.29 is 0 Å². The van der Waals surface area contributed by atoms with Gasteiger partial charge in [-0.05, 0) is 91.6 Å². The van der Waals surface area contributed by atoms with Crippen LogP contribution in [0.15, 0.2) is 48.5 Å². The fourth-order valence-electron chi connectivity index (χ4n) is 7.80. The molecule has 6 rings (SSSR count). The Labute approximate surface area is 206 Å². The molecule has 1 N–H and O–H groups in total. The quantitative estimate of drug-likeness (QED) is 0.600. The molecule has 1 saturated carbocycles. The average Bonchev–Trinajstić information content (AvgIpc) is 2.87. The van der Waals surface area contributed by atoms with Crippen molar-refractivity contribution in [1.29, 1.82) is 0 Å². The zero-order valence-corrected chi connectivity index (χ0v) is 21.3. The van der Waals surface area contributed by atoms with E-state index in [9.17, 15) is 0 Å². The predicted molar refractivity (Wildman–Crippen MR) is 141 cm³/mol. The lowest BCUT2D eigenvalue weighted by Crippen LogP contribution is -2.60. The molecule has 0 aromatic heterocycles. The van der Waals surface area contributed by atoms with Crippen LogP contribution in [0.1, 0.15) is 92.6 Å². The van der Waals surface area contributed by atoms with Crippen molar-refractivity contribution in [2.45, 2.75) is 82.8 Å². The van der Waals surface area contributed by atoms with Gasteiger partial charge in [0.15, 0.2) is 0 Å². The third kappa shape index (κ3) is 4.14. The Hall–Kier alpha value is -1.68. The van der Waals surface area contributed by atoms with Crippen molar-refractivity contribution in [2.24, 2.45) is 5.41 Å². The number of benzene rings is 2. The summed E-state index contributed by atoms with van der Waals surface area (Å²) in [6.45, 7) is 10.8. The standard InChI is InChI=1S/C31H43N3/c1-23(2)26-10-5-6-12-28(26)30-22-33(29-13-7-9-24-8-3-4-11-27(24)29)18-19-34(30)25-20-31(21-25)14-16-32-17-15-31/h3-6,8,10-12,23,25,29-30,32H,7,9,13-22H2,1-2H3. The molecule has 0 amide bonds. The van der Waals surface area contributed by atoms with E-state index in [0.717, 1.165) is 6.04 Å². The molecule has 2 unspecified atom stereocenters. The highest BCUT2D eigenvalue weighted by molar-refractivity contribution is 5.35. The largest absolute Gasteiger partial charge is 0.317 e. The highest BCUT2D eigenvalue weighted by atomic mass is 15.3. The number of hydrogen-bond acceptors (Lipinski definition) is 3. The lowest BCUT2D eigenvalue weighted by molar-refractivity contribution is -0.0708. The first-order valence-corrected chi connectivity index (χ1v) is 14.0. The van der Waals surface area contributed by atoms with Crippen LogP contribution >= 0.6 is 0 Å². The second-order valence-corrected chi connectivity index (χ2v) is 12.0. The molecular formula is C31H43N3. The van der Waals surface area contributed by atoms with Gasteiger partial charge in [-0.3, -0.25) is 9.80 Å². The third-order valence-electron chi connectivity index (χ3n) is 9.68. The summed E-state index contributed by atoms with van der Waals surface area (Å²) in [6, 6.07) is 20.5. The Morgan fingerprint density at radius 3 is 2.41 bits per heavy atom. The predicted octanol–water partition coefficient (Wildman–Crippen LogP) is 6.08. The Kier molecular flexibility index (Phi) is 6.30. The molecule has 3 heteroatoms. The van der Waals surface area contributed by atoms with Gasteiger partial charge in [0.2, 0.25) is 0 Å². The van der Waals surface area contributed by atoms with Crippen LogP contribution in [0.25, 0.3) is 0 Å². The normalized spacial score (nSPS) is 28.1. The molecule has 2 heterocycles. The Morgan fingerprint density at radius 1 is 0.882 bits per heavy atom. The van der Waals surface area contributed by atoms with Gasteiger partial charge in [-0.25, -0.2) is 0 Å². The zero-order chi connectivity index (χ0) is 23.1. The van der Waals surface area contributed by atoms with E-state index in [-0.39, 0.29) is 0 Å². The number of nitrogens with zero attached hydrogens (tertiary/aromatic N) is 2. The molecule has 3 nitrogen and oxygen atoms in total. The van der Waals surface area contributed by atoms with Gasteiger partial charge in [-0.1, -0.05) is 62.4 Å². The highest BCUT2D eigenvalue weighted by Crippen LogP contribution is 2.52. The van der Waals surface area contributed by atoms with E-state index in [1.807, 2.05) is 0 Å². The van der Waals surface area contributed by atoms with Gasteiger partial charge >= 0.3 is 0 Å². The third-order valence-corrected chi connectivity index (χ3v) is 9.68. The van der Waals surface area contributed by atoms with Gasteiger partial charge in [0.1, 0.15) is 0 Å². The summed E-state index contributed by atoms with van der Waals surface area (Å²) in [4.78, 5) is 5.80. The van der Waals surface area contributed by atoms with Gasteiger partial charge in [-0.15, -0.1) is 0 Å². The minimum absolute atomic E-state index is 0.519. The lowest BCUT2D eigenvalue weighted by atomic mass is 9.60. The van der Waals surface area contributed by atoms with E-state index in [1.165, 1.54) is 77.7 Å². The zero-order valence-electron chi connectivity index (χ0n) is 21.3. The van der Waals surface area contributed by atoms with Crippen molar-refractivity contribution >= 4 is 0 Å². The van der Waals surface area contributed by atoms with Gasteiger partial charge in [0.25, 0.3) is 0 Å². The van der Waals surface area contributed by atoms with Crippen LogP contribution in [0.5, 0.6) is 0 Å². The monoisotopic (exact) mass is 457 g/mol. The maximum Gasteiger partial charge on any atom is 0.0481 e. The molecule has 34 heavy (non-hydrogen) atoms. The van der Waals surface area contributed by atoms with Crippen LogP contribution in [0, 0.1) is 5.41 Å². The van der Waals surface area contributed by atoms with Crippen molar-refractivity contribution in [2.75, 3.05) is 32.7 Å². The molecule has 2 aromatic rings. The Morgan fingerprint density at radius 2 is 1.62 bits per heavy atom. The molecule has 0 radical (unpaired) electrons. The summed E-state index contributed by atoms with van der Waals surface area (Å²) >= 11 is 0. The summed E-state index contributed by atoms with van der Waals surface area (Å²) in [6.07, 6.45) is 9.50.